The molecule has 0 aromatic heterocycles. The quantitative estimate of drug-likeness (QED) is 0.483. The SMILES string of the molecule is CCSCc1ccc(C(=O)c2ccc(Cl)cc2)c(B2OC(C)(C)C(C)(C)O2)c1. The lowest BCUT2D eigenvalue weighted by molar-refractivity contribution is 0.00578. The van der Waals surface area contributed by atoms with Crippen LogP contribution in [0.25, 0.3) is 0 Å². The summed E-state index contributed by atoms with van der Waals surface area (Å²) < 4.78 is 12.5. The summed E-state index contributed by atoms with van der Waals surface area (Å²) in [6.45, 7) is 10.2. The number of carbonyl (C=O) groups excluding carboxylic acids is 1. The van der Waals surface area contributed by atoms with Gasteiger partial charge in [0.25, 0.3) is 0 Å². The number of halogens is 1. The first-order chi connectivity index (χ1) is 13.1. The maximum absolute atomic E-state index is 13.2. The number of rotatable bonds is 6. The predicted molar refractivity (Wildman–Crippen MR) is 119 cm³/mol. The first-order valence-corrected chi connectivity index (χ1v) is 11.0. The molecule has 28 heavy (non-hydrogen) atoms. The van der Waals surface area contributed by atoms with Crippen molar-refractivity contribution in [2.24, 2.45) is 0 Å². The van der Waals surface area contributed by atoms with Crippen molar-refractivity contribution in [3.05, 3.63) is 64.2 Å². The zero-order chi connectivity index (χ0) is 20.5. The highest BCUT2D eigenvalue weighted by atomic mass is 35.5. The summed E-state index contributed by atoms with van der Waals surface area (Å²) in [6, 6.07) is 12.9. The van der Waals surface area contributed by atoms with Gasteiger partial charge in [0.05, 0.1) is 11.2 Å². The second-order valence-corrected chi connectivity index (χ2v) is 9.69. The summed E-state index contributed by atoms with van der Waals surface area (Å²) in [4.78, 5) is 13.2. The zero-order valence-electron chi connectivity index (χ0n) is 17.0. The van der Waals surface area contributed by atoms with E-state index in [9.17, 15) is 4.79 Å². The third-order valence-electron chi connectivity index (χ3n) is 5.45. The van der Waals surface area contributed by atoms with Crippen LogP contribution in [0, 0.1) is 0 Å². The molecule has 0 atom stereocenters. The maximum atomic E-state index is 13.2. The van der Waals surface area contributed by atoms with Gasteiger partial charge in [-0.1, -0.05) is 36.7 Å². The Morgan fingerprint density at radius 2 is 1.64 bits per heavy atom. The molecular formula is C22H26BClO3S. The molecule has 1 fully saturated rings. The predicted octanol–water partition coefficient (Wildman–Crippen LogP) is 5.12. The first-order valence-electron chi connectivity index (χ1n) is 9.51. The van der Waals surface area contributed by atoms with Crippen LogP contribution in [0.15, 0.2) is 42.5 Å². The molecule has 0 amide bonds. The lowest BCUT2D eigenvalue weighted by Gasteiger charge is -2.32. The van der Waals surface area contributed by atoms with E-state index < -0.39 is 18.3 Å². The van der Waals surface area contributed by atoms with E-state index in [-0.39, 0.29) is 5.78 Å². The Bertz CT molecular complexity index is 849. The lowest BCUT2D eigenvalue weighted by atomic mass is 9.73. The number of ketones is 1. The summed E-state index contributed by atoms with van der Waals surface area (Å²) in [7, 11) is -0.581. The first kappa shape index (κ1) is 21.4. The zero-order valence-corrected chi connectivity index (χ0v) is 18.6. The van der Waals surface area contributed by atoms with Crippen molar-refractivity contribution in [1.29, 1.82) is 0 Å². The number of thioether (sulfide) groups is 1. The molecule has 0 saturated carbocycles. The van der Waals surface area contributed by atoms with Crippen LogP contribution in [0.2, 0.25) is 5.02 Å². The molecule has 1 aliphatic heterocycles. The summed E-state index contributed by atoms with van der Waals surface area (Å²) >= 11 is 7.82. The van der Waals surface area contributed by atoms with Crippen molar-refractivity contribution in [1.82, 2.24) is 0 Å². The van der Waals surface area contributed by atoms with Crippen LogP contribution in [0.3, 0.4) is 0 Å². The Morgan fingerprint density at radius 1 is 1.04 bits per heavy atom. The highest BCUT2D eigenvalue weighted by molar-refractivity contribution is 7.98. The lowest BCUT2D eigenvalue weighted by Crippen LogP contribution is -2.41. The average molecular weight is 417 g/mol. The standard InChI is InChI=1S/C22H26BClO3S/c1-6-28-14-15-7-12-18(20(25)16-8-10-17(24)11-9-16)19(13-15)23-26-21(2,3)22(4,5)27-23/h7-13H,6,14H2,1-5H3. The summed E-state index contributed by atoms with van der Waals surface area (Å²) in [6.07, 6.45) is 0. The largest absolute Gasteiger partial charge is 0.495 e. The van der Waals surface area contributed by atoms with E-state index in [0.717, 1.165) is 22.5 Å². The van der Waals surface area contributed by atoms with Gasteiger partial charge in [-0.15, -0.1) is 0 Å². The summed E-state index contributed by atoms with van der Waals surface area (Å²) in [5, 5.41) is 0.606. The molecule has 2 aromatic rings. The van der Waals surface area contributed by atoms with Crippen LogP contribution < -0.4 is 5.46 Å². The molecule has 0 bridgehead atoms. The van der Waals surface area contributed by atoms with Crippen molar-refractivity contribution in [3.8, 4) is 0 Å². The van der Waals surface area contributed by atoms with E-state index in [0.29, 0.717) is 16.1 Å². The van der Waals surface area contributed by atoms with Crippen molar-refractivity contribution in [2.75, 3.05) is 5.75 Å². The Labute approximate surface area is 177 Å². The Morgan fingerprint density at radius 3 is 2.21 bits per heavy atom. The highest BCUT2D eigenvalue weighted by Gasteiger charge is 2.52. The van der Waals surface area contributed by atoms with Gasteiger partial charge in [-0.05, 0) is 68.7 Å². The molecule has 2 aromatic carbocycles. The fourth-order valence-corrected chi connectivity index (χ4v) is 3.80. The second kappa shape index (κ2) is 8.23. The second-order valence-electron chi connectivity index (χ2n) is 7.98. The van der Waals surface area contributed by atoms with Gasteiger partial charge in [0, 0.05) is 21.9 Å². The van der Waals surface area contributed by atoms with Crippen LogP contribution in [0.5, 0.6) is 0 Å². The molecule has 1 aliphatic rings. The molecule has 0 aliphatic carbocycles. The molecule has 1 heterocycles. The highest BCUT2D eigenvalue weighted by Crippen LogP contribution is 2.37. The van der Waals surface area contributed by atoms with Gasteiger partial charge in [0.1, 0.15) is 0 Å². The molecule has 6 heteroatoms. The number of benzene rings is 2. The normalized spacial score (nSPS) is 17.7. The van der Waals surface area contributed by atoms with Crippen molar-refractivity contribution >= 4 is 41.7 Å². The van der Waals surface area contributed by atoms with Gasteiger partial charge < -0.3 is 9.31 Å². The molecule has 0 spiro atoms. The summed E-state index contributed by atoms with van der Waals surface area (Å²) in [5.41, 5.74) is 2.21. The molecule has 3 rings (SSSR count). The Hall–Kier alpha value is -1.27. The van der Waals surface area contributed by atoms with E-state index in [1.165, 1.54) is 0 Å². The van der Waals surface area contributed by atoms with E-state index in [2.05, 4.69) is 6.92 Å². The van der Waals surface area contributed by atoms with Gasteiger partial charge in [-0.2, -0.15) is 11.8 Å². The van der Waals surface area contributed by atoms with Gasteiger partial charge in [0.15, 0.2) is 5.78 Å². The third kappa shape index (κ3) is 4.33. The van der Waals surface area contributed by atoms with Gasteiger partial charge in [-0.25, -0.2) is 0 Å². The van der Waals surface area contributed by atoms with Gasteiger partial charge in [0.2, 0.25) is 0 Å². The molecule has 1 saturated heterocycles. The van der Waals surface area contributed by atoms with Crippen LogP contribution in [-0.2, 0) is 15.1 Å². The maximum Gasteiger partial charge on any atom is 0.495 e. The Kier molecular flexibility index (Phi) is 6.30. The molecular weight excluding hydrogens is 391 g/mol. The van der Waals surface area contributed by atoms with Crippen LogP contribution in [0.4, 0.5) is 0 Å². The molecule has 3 nitrogen and oxygen atoms in total. The smallest absolute Gasteiger partial charge is 0.399 e. The molecule has 0 radical (unpaired) electrons. The fraction of sp³-hybridized carbons (Fsp3) is 0.409. The minimum Gasteiger partial charge on any atom is -0.399 e. The minimum atomic E-state index is -0.581. The van der Waals surface area contributed by atoms with E-state index in [1.54, 1.807) is 24.3 Å². The minimum absolute atomic E-state index is 0.0592. The summed E-state index contributed by atoms with van der Waals surface area (Å²) in [5.74, 6) is 1.87. The number of carbonyl (C=O) groups is 1. The number of hydrogen-bond acceptors (Lipinski definition) is 4. The van der Waals surface area contributed by atoms with Crippen molar-refractivity contribution in [2.45, 2.75) is 51.6 Å². The van der Waals surface area contributed by atoms with Crippen LogP contribution in [0.1, 0.15) is 56.1 Å². The van der Waals surface area contributed by atoms with Crippen molar-refractivity contribution < 1.29 is 14.1 Å². The van der Waals surface area contributed by atoms with E-state index in [1.807, 2.05) is 57.7 Å². The van der Waals surface area contributed by atoms with Gasteiger partial charge in [-0.3, -0.25) is 4.79 Å². The molecule has 0 N–H and O–H groups in total. The monoisotopic (exact) mass is 416 g/mol. The van der Waals surface area contributed by atoms with Crippen LogP contribution in [-0.4, -0.2) is 29.9 Å². The van der Waals surface area contributed by atoms with Gasteiger partial charge >= 0.3 is 7.12 Å². The molecule has 0 unspecified atom stereocenters. The van der Waals surface area contributed by atoms with E-state index in [4.69, 9.17) is 20.9 Å². The topological polar surface area (TPSA) is 35.5 Å². The van der Waals surface area contributed by atoms with E-state index >= 15 is 0 Å². The fourth-order valence-electron chi connectivity index (χ4n) is 3.05. The number of hydrogen-bond donors (Lipinski definition) is 0. The average Bonchev–Trinajstić information content (AvgIpc) is 2.87. The Balaban J connectivity index is 2.02. The van der Waals surface area contributed by atoms with Crippen molar-refractivity contribution in [3.63, 3.8) is 0 Å². The van der Waals surface area contributed by atoms with Crippen LogP contribution >= 0.6 is 23.4 Å². The molecule has 148 valence electrons. The third-order valence-corrected chi connectivity index (χ3v) is 6.64.